The van der Waals surface area contributed by atoms with Crippen molar-refractivity contribution in [3.05, 3.63) is 29.3 Å². The summed E-state index contributed by atoms with van der Waals surface area (Å²) in [5.41, 5.74) is 1.64. The third-order valence-electron chi connectivity index (χ3n) is 4.42. The molecule has 25 heavy (non-hydrogen) atoms. The van der Waals surface area contributed by atoms with Crippen LogP contribution in [0.25, 0.3) is 0 Å². The maximum atomic E-state index is 12.6. The van der Waals surface area contributed by atoms with Gasteiger partial charge < -0.3 is 15.3 Å². The largest absolute Gasteiger partial charge is 0.396 e. The van der Waals surface area contributed by atoms with Crippen molar-refractivity contribution < 1.29 is 24.3 Å². The van der Waals surface area contributed by atoms with E-state index in [2.05, 4.69) is 10.6 Å². The number of piperidine rings is 1. The van der Waals surface area contributed by atoms with Crippen LogP contribution in [0.15, 0.2) is 18.2 Å². The molecule has 0 aromatic heterocycles. The SMILES string of the molecule is O=C1CCC(N2Cc3c(NC(=O)CCCO)cccc3C2=O)C(=O)N1. The van der Waals surface area contributed by atoms with Crippen molar-refractivity contribution in [2.45, 2.75) is 38.3 Å². The highest BCUT2D eigenvalue weighted by Gasteiger charge is 2.39. The van der Waals surface area contributed by atoms with Gasteiger partial charge >= 0.3 is 0 Å². The van der Waals surface area contributed by atoms with Gasteiger partial charge in [0.2, 0.25) is 17.7 Å². The summed E-state index contributed by atoms with van der Waals surface area (Å²) in [6, 6.07) is 4.35. The van der Waals surface area contributed by atoms with Crippen molar-refractivity contribution in [2.75, 3.05) is 11.9 Å². The first-order valence-corrected chi connectivity index (χ1v) is 8.18. The van der Waals surface area contributed by atoms with E-state index in [-0.39, 0.29) is 43.7 Å². The molecule has 1 saturated heterocycles. The molecule has 0 aliphatic carbocycles. The van der Waals surface area contributed by atoms with E-state index in [1.165, 1.54) is 4.90 Å². The Morgan fingerprint density at radius 3 is 2.84 bits per heavy atom. The van der Waals surface area contributed by atoms with E-state index in [9.17, 15) is 19.2 Å². The second-order valence-corrected chi connectivity index (χ2v) is 6.11. The molecule has 3 rings (SSSR count). The van der Waals surface area contributed by atoms with Crippen LogP contribution in [0.5, 0.6) is 0 Å². The minimum absolute atomic E-state index is 0.0674. The highest BCUT2D eigenvalue weighted by Crippen LogP contribution is 2.32. The van der Waals surface area contributed by atoms with Crippen molar-refractivity contribution >= 4 is 29.3 Å². The van der Waals surface area contributed by atoms with Crippen molar-refractivity contribution in [1.82, 2.24) is 10.2 Å². The maximum Gasteiger partial charge on any atom is 0.255 e. The number of amides is 4. The predicted octanol–water partition coefficient (Wildman–Crippen LogP) is 0.159. The van der Waals surface area contributed by atoms with Crippen LogP contribution in [0, 0.1) is 0 Å². The molecule has 1 atom stereocenters. The van der Waals surface area contributed by atoms with Gasteiger partial charge in [-0.15, -0.1) is 0 Å². The number of hydrogen-bond donors (Lipinski definition) is 3. The van der Waals surface area contributed by atoms with Gasteiger partial charge in [0.15, 0.2) is 0 Å². The standard InChI is InChI=1S/C17H19N3O5/c21-8-2-5-14(22)18-12-4-1-3-10-11(12)9-20(17(10)25)13-6-7-15(23)19-16(13)24/h1,3-4,13,21H,2,5-9H2,(H,18,22)(H,19,23,24). The zero-order valence-electron chi connectivity index (χ0n) is 13.6. The lowest BCUT2D eigenvalue weighted by atomic mass is 10.0. The zero-order valence-corrected chi connectivity index (χ0v) is 13.6. The molecule has 0 saturated carbocycles. The van der Waals surface area contributed by atoms with Crippen LogP contribution in [-0.2, 0) is 20.9 Å². The van der Waals surface area contributed by atoms with Crippen LogP contribution in [0.2, 0.25) is 0 Å². The highest BCUT2D eigenvalue weighted by molar-refractivity contribution is 6.06. The van der Waals surface area contributed by atoms with Crippen molar-refractivity contribution in [3.8, 4) is 0 Å². The number of hydrogen-bond acceptors (Lipinski definition) is 5. The Kier molecular flexibility index (Phi) is 4.80. The monoisotopic (exact) mass is 345 g/mol. The Bertz CT molecular complexity index is 746. The average molecular weight is 345 g/mol. The van der Waals surface area contributed by atoms with Gasteiger partial charge in [-0.05, 0) is 25.0 Å². The predicted molar refractivity (Wildman–Crippen MR) is 87.4 cm³/mol. The number of imide groups is 1. The number of anilines is 1. The van der Waals surface area contributed by atoms with E-state index in [4.69, 9.17) is 5.11 Å². The summed E-state index contributed by atoms with van der Waals surface area (Å²) in [5, 5.41) is 13.8. The molecule has 132 valence electrons. The minimum Gasteiger partial charge on any atom is -0.396 e. The number of carbonyl (C=O) groups is 4. The number of nitrogens with one attached hydrogen (secondary N) is 2. The summed E-state index contributed by atoms with van der Waals surface area (Å²) in [6.07, 6.45) is 1.04. The first kappa shape index (κ1) is 17.1. The fourth-order valence-corrected chi connectivity index (χ4v) is 3.16. The molecule has 0 radical (unpaired) electrons. The van der Waals surface area contributed by atoms with E-state index in [1.807, 2.05) is 0 Å². The number of aliphatic hydroxyl groups is 1. The third-order valence-corrected chi connectivity index (χ3v) is 4.42. The molecule has 1 aromatic rings. The lowest BCUT2D eigenvalue weighted by molar-refractivity contribution is -0.137. The van der Waals surface area contributed by atoms with Gasteiger partial charge in [0, 0.05) is 42.8 Å². The molecule has 3 N–H and O–H groups in total. The van der Waals surface area contributed by atoms with Gasteiger partial charge in [-0.3, -0.25) is 24.5 Å². The number of aliphatic hydroxyl groups excluding tert-OH is 1. The smallest absolute Gasteiger partial charge is 0.255 e. The average Bonchev–Trinajstić information content (AvgIpc) is 2.91. The van der Waals surface area contributed by atoms with E-state index in [1.54, 1.807) is 18.2 Å². The van der Waals surface area contributed by atoms with Gasteiger partial charge in [0.25, 0.3) is 5.91 Å². The van der Waals surface area contributed by atoms with Crippen molar-refractivity contribution in [2.24, 2.45) is 0 Å². The molecule has 2 heterocycles. The molecule has 1 unspecified atom stereocenters. The lowest BCUT2D eigenvalue weighted by Gasteiger charge is -2.29. The molecule has 2 aliphatic heterocycles. The normalized spacial score (nSPS) is 19.6. The number of carbonyl (C=O) groups excluding carboxylic acids is 4. The highest BCUT2D eigenvalue weighted by atomic mass is 16.3. The first-order chi connectivity index (χ1) is 12.0. The number of benzene rings is 1. The summed E-state index contributed by atoms with van der Waals surface area (Å²) in [6.45, 7) is 0.138. The molecule has 2 aliphatic rings. The Morgan fingerprint density at radius 2 is 2.12 bits per heavy atom. The molecule has 0 bridgehead atoms. The Balaban J connectivity index is 1.79. The summed E-state index contributed by atoms with van der Waals surface area (Å²) in [7, 11) is 0. The van der Waals surface area contributed by atoms with E-state index in [0.29, 0.717) is 29.7 Å². The fourth-order valence-electron chi connectivity index (χ4n) is 3.16. The zero-order chi connectivity index (χ0) is 18.0. The molecular weight excluding hydrogens is 326 g/mol. The fraction of sp³-hybridized carbons (Fsp3) is 0.412. The van der Waals surface area contributed by atoms with Gasteiger partial charge in [-0.2, -0.15) is 0 Å². The summed E-state index contributed by atoms with van der Waals surface area (Å²) in [4.78, 5) is 49.3. The molecule has 1 fully saturated rings. The van der Waals surface area contributed by atoms with Gasteiger partial charge in [-0.25, -0.2) is 0 Å². The second kappa shape index (κ2) is 7.02. The molecule has 4 amide bonds. The third kappa shape index (κ3) is 3.39. The summed E-state index contributed by atoms with van der Waals surface area (Å²) < 4.78 is 0. The molecule has 8 heteroatoms. The van der Waals surface area contributed by atoms with Gasteiger partial charge in [0.1, 0.15) is 6.04 Å². The quantitative estimate of drug-likeness (QED) is 0.658. The topological polar surface area (TPSA) is 116 Å². The maximum absolute atomic E-state index is 12.6. The van der Waals surface area contributed by atoms with Gasteiger partial charge in [-0.1, -0.05) is 6.07 Å². The Labute approximate surface area is 144 Å². The number of fused-ring (bicyclic) bond motifs is 1. The van der Waals surface area contributed by atoms with E-state index in [0.717, 1.165) is 0 Å². The second-order valence-electron chi connectivity index (χ2n) is 6.11. The van der Waals surface area contributed by atoms with Gasteiger partial charge in [0.05, 0.1) is 0 Å². The van der Waals surface area contributed by atoms with Crippen LogP contribution in [0.3, 0.4) is 0 Å². The van der Waals surface area contributed by atoms with Crippen molar-refractivity contribution in [1.29, 1.82) is 0 Å². The van der Waals surface area contributed by atoms with Crippen LogP contribution in [0.4, 0.5) is 5.69 Å². The Morgan fingerprint density at radius 1 is 1.32 bits per heavy atom. The minimum atomic E-state index is -0.685. The van der Waals surface area contributed by atoms with Crippen molar-refractivity contribution in [3.63, 3.8) is 0 Å². The van der Waals surface area contributed by atoms with Crippen LogP contribution in [0.1, 0.15) is 41.6 Å². The summed E-state index contributed by atoms with van der Waals surface area (Å²) in [5.74, 6) is -1.32. The van der Waals surface area contributed by atoms with Crippen LogP contribution in [-0.4, -0.2) is 46.3 Å². The first-order valence-electron chi connectivity index (χ1n) is 8.18. The molecular formula is C17H19N3O5. The Hall–Kier alpha value is -2.74. The number of rotatable bonds is 5. The summed E-state index contributed by atoms with van der Waals surface area (Å²) >= 11 is 0. The molecule has 0 spiro atoms. The molecule has 1 aromatic carbocycles. The van der Waals surface area contributed by atoms with Crippen LogP contribution < -0.4 is 10.6 Å². The van der Waals surface area contributed by atoms with Crippen LogP contribution >= 0.6 is 0 Å². The number of nitrogens with zero attached hydrogens (tertiary/aromatic N) is 1. The van der Waals surface area contributed by atoms with E-state index < -0.39 is 11.9 Å². The van der Waals surface area contributed by atoms with E-state index >= 15 is 0 Å². The lowest BCUT2D eigenvalue weighted by Crippen LogP contribution is -2.52. The molecule has 8 nitrogen and oxygen atoms in total.